The van der Waals surface area contributed by atoms with Crippen LogP contribution in [0.25, 0.3) is 22.3 Å². The minimum atomic E-state index is -1.99. The lowest BCUT2D eigenvalue weighted by atomic mass is 9.85. The van der Waals surface area contributed by atoms with Crippen LogP contribution in [0.4, 0.5) is 0 Å². The lowest BCUT2D eigenvalue weighted by molar-refractivity contribution is -0.175. The summed E-state index contributed by atoms with van der Waals surface area (Å²) in [5.74, 6) is -1.62. The van der Waals surface area contributed by atoms with Gasteiger partial charge in [0.25, 0.3) is 11.5 Å². The maximum Gasteiger partial charge on any atom is 0.343 e. The number of rotatable bonds is 10. The van der Waals surface area contributed by atoms with Crippen LogP contribution < -0.4 is 10.9 Å². The van der Waals surface area contributed by atoms with E-state index < -0.39 is 17.5 Å². The Kier molecular flexibility index (Phi) is 9.54. The lowest BCUT2D eigenvalue weighted by Gasteiger charge is -2.32. The molecule has 0 spiro atoms. The first-order chi connectivity index (χ1) is 19.6. The SMILES string of the molecule is CC(=O)O.CCOCOCCC1(O)C(=O)OCc2c1cc1n(c2=O)Cc2c-1nc1ccccc1c2CCNC(C)C. The number of carbonyl (C=O) groups is 2. The van der Waals surface area contributed by atoms with Crippen LogP contribution in [0.15, 0.2) is 35.1 Å². The van der Waals surface area contributed by atoms with Crippen LogP contribution in [-0.4, -0.2) is 64.3 Å². The molecule has 2 aliphatic rings. The van der Waals surface area contributed by atoms with Crippen molar-refractivity contribution in [2.45, 2.75) is 65.3 Å². The number of carbonyl (C=O) groups excluding carboxylic acids is 1. The number of hydrogen-bond donors (Lipinski definition) is 3. The number of aliphatic hydroxyl groups is 1. The van der Waals surface area contributed by atoms with Gasteiger partial charge >= 0.3 is 5.97 Å². The average molecular weight is 568 g/mol. The molecule has 1 aromatic carbocycles. The Morgan fingerprint density at radius 2 is 1.95 bits per heavy atom. The molecule has 0 fully saturated rings. The number of para-hydroxylation sites is 1. The zero-order chi connectivity index (χ0) is 29.7. The first kappa shape index (κ1) is 30.3. The minimum absolute atomic E-state index is 0.0557. The van der Waals surface area contributed by atoms with Crippen molar-refractivity contribution in [3.8, 4) is 11.4 Å². The number of aromatic nitrogens is 2. The number of benzene rings is 1. The summed E-state index contributed by atoms with van der Waals surface area (Å²) in [6.45, 7) is 8.78. The van der Waals surface area contributed by atoms with Crippen LogP contribution in [0.3, 0.4) is 0 Å². The van der Waals surface area contributed by atoms with Gasteiger partial charge in [0.05, 0.1) is 35.6 Å². The Morgan fingerprint density at radius 3 is 2.66 bits per heavy atom. The van der Waals surface area contributed by atoms with Crippen molar-refractivity contribution in [3.05, 3.63) is 62.9 Å². The van der Waals surface area contributed by atoms with Gasteiger partial charge in [-0.3, -0.25) is 9.59 Å². The summed E-state index contributed by atoms with van der Waals surface area (Å²) in [4.78, 5) is 40.4. The lowest BCUT2D eigenvalue weighted by Crippen LogP contribution is -2.45. The second-order valence-electron chi connectivity index (χ2n) is 10.3. The van der Waals surface area contributed by atoms with Crippen LogP contribution in [0.1, 0.15) is 56.4 Å². The Morgan fingerprint density at radius 1 is 1.22 bits per heavy atom. The molecule has 2 aliphatic heterocycles. The molecule has 1 unspecified atom stereocenters. The van der Waals surface area contributed by atoms with Gasteiger partial charge in [-0.05, 0) is 37.6 Å². The Bertz CT molecular complexity index is 1500. The smallest absolute Gasteiger partial charge is 0.343 e. The van der Waals surface area contributed by atoms with E-state index in [-0.39, 0.29) is 43.1 Å². The molecule has 0 amide bonds. The van der Waals surface area contributed by atoms with E-state index in [2.05, 4.69) is 25.2 Å². The molecule has 2 aromatic heterocycles. The van der Waals surface area contributed by atoms with E-state index in [1.807, 2.05) is 25.1 Å². The second kappa shape index (κ2) is 12.9. The number of nitrogens with one attached hydrogen (secondary N) is 1. The zero-order valence-electron chi connectivity index (χ0n) is 23.9. The molecule has 5 rings (SSSR count). The highest BCUT2D eigenvalue weighted by Gasteiger charge is 2.46. The molecule has 1 atom stereocenters. The fraction of sp³-hybridized carbons (Fsp3) is 0.467. The molecule has 0 saturated heterocycles. The Labute approximate surface area is 238 Å². The molecule has 41 heavy (non-hydrogen) atoms. The number of carboxylic acids is 1. The summed E-state index contributed by atoms with van der Waals surface area (Å²) in [6.07, 6.45) is 0.730. The van der Waals surface area contributed by atoms with Crippen molar-refractivity contribution < 1.29 is 34.0 Å². The van der Waals surface area contributed by atoms with Gasteiger partial charge in [-0.15, -0.1) is 0 Å². The largest absolute Gasteiger partial charge is 0.481 e. The molecular formula is C30H37N3O8. The first-order valence-electron chi connectivity index (χ1n) is 13.7. The predicted molar refractivity (Wildman–Crippen MR) is 151 cm³/mol. The normalized spacial score (nSPS) is 17.0. The van der Waals surface area contributed by atoms with Crippen LogP contribution in [-0.2, 0) is 49.0 Å². The van der Waals surface area contributed by atoms with Crippen molar-refractivity contribution in [3.63, 3.8) is 0 Å². The van der Waals surface area contributed by atoms with Gasteiger partial charge in [0.1, 0.15) is 13.4 Å². The summed E-state index contributed by atoms with van der Waals surface area (Å²) in [5.41, 5.74) is 2.61. The summed E-state index contributed by atoms with van der Waals surface area (Å²) < 4.78 is 17.5. The standard InChI is InChI=1S/C28H33N3O6.C2H4O2/c1-4-35-16-36-12-10-28(34)22-13-24-25-20(14-31(24)26(32)21(22)15-37-27(28)33)18(9-11-29-17(2)3)19-7-5-6-8-23(19)30-25;1-2(3)4/h5-8,13,17,29,34H,4,9-12,14-16H2,1-3H3;1H3,(H,3,4). The molecule has 3 aromatic rings. The average Bonchev–Trinajstić information content (AvgIpc) is 3.29. The van der Waals surface area contributed by atoms with Gasteiger partial charge in [0, 0.05) is 42.5 Å². The first-order valence-corrected chi connectivity index (χ1v) is 13.7. The zero-order valence-corrected chi connectivity index (χ0v) is 23.9. The van der Waals surface area contributed by atoms with Crippen LogP contribution in [0.2, 0.25) is 0 Å². The third-order valence-electron chi connectivity index (χ3n) is 7.11. The molecular weight excluding hydrogens is 530 g/mol. The van der Waals surface area contributed by atoms with Crippen LogP contribution in [0.5, 0.6) is 0 Å². The highest BCUT2D eigenvalue weighted by Crippen LogP contribution is 2.40. The maximum atomic E-state index is 13.7. The highest BCUT2D eigenvalue weighted by molar-refractivity contribution is 5.89. The quantitative estimate of drug-likeness (QED) is 0.148. The summed E-state index contributed by atoms with van der Waals surface area (Å²) in [5, 5.41) is 23.4. The third-order valence-corrected chi connectivity index (χ3v) is 7.11. The van der Waals surface area contributed by atoms with Crippen molar-refractivity contribution in [1.82, 2.24) is 14.9 Å². The molecule has 0 aliphatic carbocycles. The van der Waals surface area contributed by atoms with E-state index in [4.69, 9.17) is 29.1 Å². The number of cyclic esters (lactones) is 1. The molecule has 3 N–H and O–H groups in total. The predicted octanol–water partition coefficient (Wildman–Crippen LogP) is 2.70. The third kappa shape index (κ3) is 6.33. The number of carboxylic acid groups (broad SMARTS) is 1. The van der Waals surface area contributed by atoms with E-state index in [1.54, 1.807) is 10.6 Å². The topological polar surface area (TPSA) is 149 Å². The van der Waals surface area contributed by atoms with Crippen LogP contribution >= 0.6 is 0 Å². The van der Waals surface area contributed by atoms with Gasteiger partial charge in [-0.2, -0.15) is 0 Å². The van der Waals surface area contributed by atoms with Crippen molar-refractivity contribution in [2.75, 3.05) is 26.6 Å². The summed E-state index contributed by atoms with van der Waals surface area (Å²) in [6, 6.07) is 10.1. The van der Waals surface area contributed by atoms with Gasteiger partial charge in [-0.25, -0.2) is 9.78 Å². The number of ether oxygens (including phenoxy) is 3. The number of nitrogens with zero attached hydrogens (tertiary/aromatic N) is 2. The van der Waals surface area contributed by atoms with Crippen molar-refractivity contribution in [2.24, 2.45) is 0 Å². The molecule has 0 bridgehead atoms. The molecule has 220 valence electrons. The minimum Gasteiger partial charge on any atom is -0.481 e. The summed E-state index contributed by atoms with van der Waals surface area (Å²) >= 11 is 0. The van der Waals surface area contributed by atoms with Gasteiger partial charge in [0.15, 0.2) is 5.60 Å². The van der Waals surface area contributed by atoms with E-state index in [9.17, 15) is 14.7 Å². The molecule has 11 nitrogen and oxygen atoms in total. The number of hydrogen-bond acceptors (Lipinski definition) is 9. The monoisotopic (exact) mass is 567 g/mol. The molecule has 11 heteroatoms. The Hall–Kier alpha value is -3.64. The van der Waals surface area contributed by atoms with E-state index >= 15 is 0 Å². The van der Waals surface area contributed by atoms with Gasteiger partial charge in [-0.1, -0.05) is 32.0 Å². The Balaban J connectivity index is 0.000000909. The maximum absolute atomic E-state index is 13.7. The van der Waals surface area contributed by atoms with E-state index in [1.165, 1.54) is 0 Å². The van der Waals surface area contributed by atoms with E-state index in [0.29, 0.717) is 30.6 Å². The highest BCUT2D eigenvalue weighted by atomic mass is 16.7. The van der Waals surface area contributed by atoms with Crippen molar-refractivity contribution >= 4 is 22.8 Å². The van der Waals surface area contributed by atoms with Gasteiger partial charge in [0.2, 0.25) is 0 Å². The number of fused-ring (bicyclic) bond motifs is 5. The fourth-order valence-electron chi connectivity index (χ4n) is 5.21. The van der Waals surface area contributed by atoms with E-state index in [0.717, 1.165) is 41.9 Å². The van der Waals surface area contributed by atoms with Gasteiger partial charge < -0.3 is 34.3 Å². The van der Waals surface area contributed by atoms with Crippen molar-refractivity contribution in [1.29, 1.82) is 0 Å². The number of aliphatic carboxylic acids is 1. The fourth-order valence-corrected chi connectivity index (χ4v) is 5.21. The second-order valence-corrected chi connectivity index (χ2v) is 10.3. The molecule has 0 saturated carbocycles. The van der Waals surface area contributed by atoms with Crippen LogP contribution in [0, 0.1) is 0 Å². The number of pyridine rings is 2. The molecule has 4 heterocycles. The number of esters is 1. The summed E-state index contributed by atoms with van der Waals surface area (Å²) in [7, 11) is 0. The molecule has 0 radical (unpaired) electrons.